The molecule has 164 valence electrons. The molecule has 1 aliphatic rings. The number of halogens is 6. The Balaban J connectivity index is 1.72. The maximum atomic E-state index is 13.4. The van der Waals surface area contributed by atoms with Crippen LogP contribution >= 0.6 is 11.6 Å². The van der Waals surface area contributed by atoms with Crippen LogP contribution in [0.2, 0.25) is 5.02 Å². The van der Waals surface area contributed by atoms with Crippen molar-refractivity contribution in [2.75, 3.05) is 13.1 Å². The first-order valence-corrected chi connectivity index (χ1v) is 9.43. The average Bonchev–Trinajstić information content (AvgIpc) is 3.27. The van der Waals surface area contributed by atoms with Gasteiger partial charge in [-0.3, -0.25) is 14.2 Å². The van der Waals surface area contributed by atoms with E-state index in [2.05, 4.69) is 9.97 Å². The molecule has 31 heavy (non-hydrogen) atoms. The number of nitrogens with one attached hydrogen (secondary N) is 1. The number of hydrogen-bond donors (Lipinski definition) is 1. The van der Waals surface area contributed by atoms with Crippen LogP contribution in [0.5, 0.6) is 0 Å². The number of aromatic nitrogens is 3. The molecule has 6 nitrogen and oxygen atoms in total. The lowest BCUT2D eigenvalue weighted by Crippen LogP contribution is -2.35. The molecule has 1 saturated heterocycles. The second kappa shape index (κ2) is 7.63. The smallest absolute Gasteiger partial charge is 0.345 e. The van der Waals surface area contributed by atoms with E-state index in [1.165, 1.54) is 12.3 Å². The topological polar surface area (TPSA) is 71.0 Å². The van der Waals surface area contributed by atoms with Crippen molar-refractivity contribution in [3.8, 4) is 11.1 Å². The highest BCUT2D eigenvalue weighted by molar-refractivity contribution is 6.31. The lowest BCUT2D eigenvalue weighted by atomic mass is 10.0. The van der Waals surface area contributed by atoms with Gasteiger partial charge in [-0.05, 0) is 17.7 Å². The summed E-state index contributed by atoms with van der Waals surface area (Å²) in [6, 6.07) is 3.22. The van der Waals surface area contributed by atoms with Gasteiger partial charge in [0, 0.05) is 11.8 Å². The molecule has 0 radical (unpaired) electrons. The van der Waals surface area contributed by atoms with Gasteiger partial charge in [-0.2, -0.15) is 13.2 Å². The molecule has 1 aliphatic heterocycles. The second-order valence-electron chi connectivity index (χ2n) is 7.13. The van der Waals surface area contributed by atoms with Crippen LogP contribution in [0.3, 0.4) is 0 Å². The van der Waals surface area contributed by atoms with E-state index in [1.807, 2.05) is 0 Å². The van der Waals surface area contributed by atoms with E-state index in [1.54, 1.807) is 0 Å². The Bertz CT molecular complexity index is 1210. The van der Waals surface area contributed by atoms with Crippen LogP contribution in [0.4, 0.5) is 22.0 Å². The van der Waals surface area contributed by atoms with Crippen LogP contribution in [-0.4, -0.2) is 50.8 Å². The molecule has 3 heterocycles. The number of nitrogens with zero attached hydrogens (tertiary/aromatic N) is 3. The minimum Gasteiger partial charge on any atom is -0.345 e. The van der Waals surface area contributed by atoms with Crippen LogP contribution in [0.1, 0.15) is 5.56 Å². The van der Waals surface area contributed by atoms with Crippen molar-refractivity contribution >= 4 is 28.5 Å². The lowest BCUT2D eigenvalue weighted by molar-refractivity contribution is -0.137. The fourth-order valence-electron chi connectivity index (χ4n) is 3.48. The Morgan fingerprint density at radius 3 is 2.55 bits per heavy atom. The van der Waals surface area contributed by atoms with Crippen LogP contribution in [0.25, 0.3) is 22.2 Å². The summed E-state index contributed by atoms with van der Waals surface area (Å²) in [5, 5.41) is -0.515. The first-order valence-electron chi connectivity index (χ1n) is 9.06. The molecule has 0 bridgehead atoms. The summed E-state index contributed by atoms with van der Waals surface area (Å²) < 4.78 is 67.3. The van der Waals surface area contributed by atoms with E-state index in [0.29, 0.717) is 0 Å². The van der Waals surface area contributed by atoms with Gasteiger partial charge in [0.15, 0.2) is 12.3 Å². The number of aromatic amines is 1. The first-order chi connectivity index (χ1) is 14.6. The van der Waals surface area contributed by atoms with E-state index in [4.69, 9.17) is 11.6 Å². The molecule has 1 N–H and O–H groups in total. The van der Waals surface area contributed by atoms with E-state index >= 15 is 0 Å². The fraction of sp³-hybridized carbons (Fsp3) is 0.316. The zero-order chi connectivity index (χ0) is 22.5. The van der Waals surface area contributed by atoms with Crippen LogP contribution in [-0.2, 0) is 17.5 Å². The fourth-order valence-corrected chi connectivity index (χ4v) is 3.70. The average molecular weight is 461 g/mol. The monoisotopic (exact) mass is 460 g/mol. The summed E-state index contributed by atoms with van der Waals surface area (Å²) in [5.41, 5.74) is -1.42. The molecule has 0 saturated carbocycles. The summed E-state index contributed by atoms with van der Waals surface area (Å²) in [5.74, 6) is -0.672. The molecule has 1 amide bonds. The highest BCUT2D eigenvalue weighted by Gasteiger charge is 2.36. The molecule has 1 fully saturated rings. The summed E-state index contributed by atoms with van der Waals surface area (Å²) in [6.07, 6.45) is -5.85. The quantitative estimate of drug-likeness (QED) is 0.607. The molecule has 1 aromatic carbocycles. The van der Waals surface area contributed by atoms with E-state index in [-0.39, 0.29) is 22.2 Å². The van der Waals surface area contributed by atoms with Crippen molar-refractivity contribution in [1.82, 2.24) is 19.4 Å². The van der Waals surface area contributed by atoms with Crippen LogP contribution in [0.15, 0.2) is 35.5 Å². The lowest BCUT2D eigenvalue weighted by Gasteiger charge is -2.15. The van der Waals surface area contributed by atoms with Gasteiger partial charge < -0.3 is 9.88 Å². The molecule has 4 rings (SSSR count). The Morgan fingerprint density at radius 1 is 1.23 bits per heavy atom. The third-order valence-corrected chi connectivity index (χ3v) is 5.41. The van der Waals surface area contributed by atoms with Gasteiger partial charge in [-0.1, -0.05) is 17.7 Å². The normalized spacial score (nSPS) is 19.4. The molecule has 12 heteroatoms. The standard InChI is InChI=1S/C19H14ClF5N4O2/c20-12-2-1-9(3-11(12)19(23,24)25)10-4-26-17-16(10)18(31)29(8-27-17)7-15(30)28-5-13(21)14(22)6-28/h1-4,8,13-14,26H,5-7H2/t13-,14+. The predicted molar refractivity (Wildman–Crippen MR) is 102 cm³/mol. The minimum absolute atomic E-state index is 0.0288. The van der Waals surface area contributed by atoms with Crippen molar-refractivity contribution in [3.05, 3.63) is 51.7 Å². The van der Waals surface area contributed by atoms with Crippen molar-refractivity contribution in [2.45, 2.75) is 25.1 Å². The van der Waals surface area contributed by atoms with Crippen molar-refractivity contribution in [3.63, 3.8) is 0 Å². The zero-order valence-electron chi connectivity index (χ0n) is 15.6. The summed E-state index contributed by atoms with van der Waals surface area (Å²) in [4.78, 5) is 33.0. The third kappa shape index (κ3) is 3.89. The maximum absolute atomic E-state index is 13.4. The maximum Gasteiger partial charge on any atom is 0.417 e. The number of carbonyl (C=O) groups excluding carboxylic acids is 1. The molecule has 0 aliphatic carbocycles. The molecule has 0 spiro atoms. The van der Waals surface area contributed by atoms with Gasteiger partial charge in [-0.25, -0.2) is 13.8 Å². The zero-order valence-corrected chi connectivity index (χ0v) is 16.3. The van der Waals surface area contributed by atoms with Gasteiger partial charge in [0.1, 0.15) is 18.5 Å². The summed E-state index contributed by atoms with van der Waals surface area (Å²) >= 11 is 5.66. The van der Waals surface area contributed by atoms with Crippen LogP contribution < -0.4 is 5.56 Å². The van der Waals surface area contributed by atoms with Crippen molar-refractivity contribution in [2.24, 2.45) is 0 Å². The van der Waals surface area contributed by atoms with Gasteiger partial charge in [-0.15, -0.1) is 0 Å². The number of alkyl halides is 5. The number of H-pyrrole nitrogens is 1. The molecule has 3 aromatic rings. The summed E-state index contributed by atoms with van der Waals surface area (Å²) in [6.45, 7) is -1.34. The highest BCUT2D eigenvalue weighted by atomic mass is 35.5. The number of likely N-dealkylation sites (tertiary alicyclic amines) is 1. The molecule has 2 atom stereocenters. The SMILES string of the molecule is O=C(Cn1cnc2[nH]cc(-c3ccc(Cl)c(C(F)(F)F)c3)c2c1=O)N1C[C@@H](F)[C@@H](F)C1. The van der Waals surface area contributed by atoms with Crippen LogP contribution in [0, 0.1) is 0 Å². The van der Waals surface area contributed by atoms with Crippen molar-refractivity contribution < 1.29 is 26.7 Å². The highest BCUT2D eigenvalue weighted by Crippen LogP contribution is 2.38. The molecular weight excluding hydrogens is 447 g/mol. The van der Waals surface area contributed by atoms with E-state index in [0.717, 1.165) is 27.9 Å². The second-order valence-corrected chi connectivity index (χ2v) is 7.53. The van der Waals surface area contributed by atoms with E-state index in [9.17, 15) is 31.5 Å². The number of hydrogen-bond acceptors (Lipinski definition) is 3. The number of amides is 1. The Hall–Kier alpha value is -2.95. The summed E-state index contributed by atoms with van der Waals surface area (Å²) in [7, 11) is 0. The predicted octanol–water partition coefficient (Wildman–Crippen LogP) is 3.58. The Labute approximate surface area is 176 Å². The van der Waals surface area contributed by atoms with Gasteiger partial charge in [0.2, 0.25) is 5.91 Å². The Morgan fingerprint density at radius 2 is 1.90 bits per heavy atom. The minimum atomic E-state index is -4.69. The Kier molecular flexibility index (Phi) is 5.24. The number of carbonyl (C=O) groups is 1. The molecule has 0 unspecified atom stereocenters. The molecule has 2 aromatic heterocycles. The van der Waals surface area contributed by atoms with Crippen molar-refractivity contribution in [1.29, 1.82) is 0 Å². The van der Waals surface area contributed by atoms with Gasteiger partial charge >= 0.3 is 6.18 Å². The number of fused-ring (bicyclic) bond motifs is 1. The first kappa shape index (κ1) is 21.3. The van der Waals surface area contributed by atoms with Gasteiger partial charge in [0.25, 0.3) is 5.56 Å². The van der Waals surface area contributed by atoms with Gasteiger partial charge in [0.05, 0.1) is 29.1 Å². The molecular formula is C19H14ClF5N4O2. The largest absolute Gasteiger partial charge is 0.417 e. The van der Waals surface area contributed by atoms with E-state index < -0.39 is 60.2 Å². The third-order valence-electron chi connectivity index (χ3n) is 5.08. The number of benzene rings is 1. The number of rotatable bonds is 3.